The van der Waals surface area contributed by atoms with Crippen LogP contribution in [0.25, 0.3) is 11.4 Å². The Hall–Kier alpha value is -3.50. The van der Waals surface area contributed by atoms with E-state index >= 15 is 0 Å². The van der Waals surface area contributed by atoms with Crippen LogP contribution in [-0.2, 0) is 13.1 Å². The third-order valence-electron chi connectivity index (χ3n) is 4.38. The Morgan fingerprint density at radius 1 is 1.14 bits per heavy atom. The van der Waals surface area contributed by atoms with Crippen LogP contribution in [0.15, 0.2) is 30.3 Å². The average Bonchev–Trinajstić information content (AvgIpc) is 3.20. The molecule has 0 aliphatic rings. The predicted molar refractivity (Wildman–Crippen MR) is 96.1 cm³/mol. The molecule has 152 valence electrons. The summed E-state index contributed by atoms with van der Waals surface area (Å²) in [5, 5.41) is 11.8. The molecule has 0 aliphatic carbocycles. The summed E-state index contributed by atoms with van der Waals surface area (Å²) in [5.41, 5.74) is 6.82. The summed E-state index contributed by atoms with van der Waals surface area (Å²) in [6.45, 7) is 1.54. The minimum atomic E-state index is -4.39. The maximum atomic E-state index is 12.7. The van der Waals surface area contributed by atoms with Gasteiger partial charge in [-0.25, -0.2) is 0 Å². The first kappa shape index (κ1) is 20.2. The lowest BCUT2D eigenvalue weighted by Gasteiger charge is -2.12. The number of nitrogens with two attached hydrogens (primary N) is 1. The van der Waals surface area contributed by atoms with Gasteiger partial charge in [0, 0.05) is 28.1 Å². The first-order chi connectivity index (χ1) is 13.5. The van der Waals surface area contributed by atoms with Gasteiger partial charge >= 0.3 is 6.18 Å². The Morgan fingerprint density at radius 3 is 2.38 bits per heavy atom. The third kappa shape index (κ3) is 4.50. The number of rotatable bonds is 6. The Morgan fingerprint density at radius 2 is 1.79 bits per heavy atom. The number of alkyl halides is 3. The van der Waals surface area contributed by atoms with E-state index in [1.54, 1.807) is 12.1 Å². The first-order valence-electron chi connectivity index (χ1n) is 8.50. The molecule has 0 saturated heterocycles. The smallest absolute Gasteiger partial charge is 0.366 e. The van der Waals surface area contributed by atoms with Crippen molar-refractivity contribution in [3.63, 3.8) is 0 Å². The molecular weight excluding hydrogens is 389 g/mol. The number of halogens is 3. The van der Waals surface area contributed by atoms with Crippen molar-refractivity contribution in [3.05, 3.63) is 52.8 Å². The van der Waals surface area contributed by atoms with Gasteiger partial charge in [0.2, 0.25) is 11.7 Å². The lowest BCUT2D eigenvalue weighted by Crippen LogP contribution is -2.20. The van der Waals surface area contributed by atoms with Crippen LogP contribution in [0.1, 0.15) is 32.1 Å². The monoisotopic (exact) mass is 406 g/mol. The topological polar surface area (TPSA) is 109 Å². The quantitative estimate of drug-likeness (QED) is 0.632. The maximum Gasteiger partial charge on any atom is 0.406 e. The number of ketones is 1. The molecule has 11 heteroatoms. The van der Waals surface area contributed by atoms with Crippen molar-refractivity contribution in [2.75, 3.05) is 0 Å². The molecule has 2 N–H and O–H groups in total. The Bertz CT molecular complexity index is 1070. The normalized spacial score (nSPS) is 11.6. The minimum absolute atomic E-state index is 0.177. The fourth-order valence-corrected chi connectivity index (χ4v) is 2.93. The fourth-order valence-electron chi connectivity index (χ4n) is 2.93. The van der Waals surface area contributed by atoms with E-state index in [1.165, 1.54) is 32.0 Å². The largest absolute Gasteiger partial charge is 0.406 e. The molecule has 29 heavy (non-hydrogen) atoms. The van der Waals surface area contributed by atoms with E-state index in [0.717, 1.165) is 9.36 Å². The molecule has 1 amide bonds. The number of aryl methyl sites for hydroxylation is 1. The summed E-state index contributed by atoms with van der Waals surface area (Å²) >= 11 is 0. The van der Waals surface area contributed by atoms with Gasteiger partial charge in [0.1, 0.15) is 13.1 Å². The molecule has 0 bridgehead atoms. The van der Waals surface area contributed by atoms with E-state index in [1.807, 2.05) is 0 Å². The van der Waals surface area contributed by atoms with Crippen LogP contribution in [0, 0.1) is 13.8 Å². The lowest BCUT2D eigenvalue weighted by atomic mass is 10.1. The molecule has 3 aromatic rings. The number of tetrazole rings is 1. The van der Waals surface area contributed by atoms with Crippen LogP contribution in [-0.4, -0.2) is 42.6 Å². The first-order valence-corrected chi connectivity index (χ1v) is 8.50. The zero-order valence-electron chi connectivity index (χ0n) is 15.6. The molecule has 2 heterocycles. The molecule has 0 radical (unpaired) electrons. The molecule has 0 unspecified atom stereocenters. The molecule has 2 aromatic heterocycles. The number of carbonyl (C=O) groups is 2. The number of carbonyl (C=O) groups excluding carboxylic acids is 2. The van der Waals surface area contributed by atoms with E-state index in [0.29, 0.717) is 16.8 Å². The van der Waals surface area contributed by atoms with Gasteiger partial charge in [-0.2, -0.15) is 18.0 Å². The molecular formula is C18H17F3N6O2. The van der Waals surface area contributed by atoms with Crippen LogP contribution in [0.3, 0.4) is 0 Å². The molecule has 0 saturated carbocycles. The summed E-state index contributed by atoms with van der Waals surface area (Å²) in [4.78, 5) is 24.7. The fraction of sp³-hybridized carbons (Fsp3) is 0.278. The van der Waals surface area contributed by atoms with E-state index in [-0.39, 0.29) is 23.6 Å². The molecule has 0 fully saturated rings. The second-order valence-electron chi connectivity index (χ2n) is 6.49. The lowest BCUT2D eigenvalue weighted by molar-refractivity contribution is -0.141. The number of hydrogen-bond acceptors (Lipinski definition) is 5. The number of amides is 1. The molecule has 0 aliphatic heterocycles. The van der Waals surface area contributed by atoms with E-state index in [4.69, 9.17) is 5.73 Å². The number of nitrogens with zero attached hydrogens (tertiary/aromatic N) is 5. The van der Waals surface area contributed by atoms with Gasteiger partial charge in [0.25, 0.3) is 0 Å². The highest BCUT2D eigenvalue weighted by Crippen LogP contribution is 2.23. The van der Waals surface area contributed by atoms with Gasteiger partial charge in [-0.15, -0.1) is 10.2 Å². The molecule has 1 aromatic carbocycles. The maximum absolute atomic E-state index is 12.7. The van der Waals surface area contributed by atoms with Crippen molar-refractivity contribution in [2.45, 2.75) is 33.1 Å². The Kier molecular flexibility index (Phi) is 5.23. The van der Waals surface area contributed by atoms with Crippen molar-refractivity contribution in [3.8, 4) is 11.4 Å². The standard InChI is InChI=1S/C18H17F3N6O2/c1-10-7-14(11(2)26(10)9-18(19,20)21)15(28)8-27-24-17(23-25-27)13-5-3-12(4-6-13)16(22)29/h3-7H,8-9H2,1-2H3,(H2,22,29). The summed E-state index contributed by atoms with van der Waals surface area (Å²) in [6, 6.07) is 7.63. The Balaban J connectivity index is 1.77. The highest BCUT2D eigenvalue weighted by Gasteiger charge is 2.30. The predicted octanol–water partition coefficient (Wildman–Crippen LogP) is 2.30. The number of primary amides is 1. The van der Waals surface area contributed by atoms with Gasteiger partial charge < -0.3 is 10.3 Å². The van der Waals surface area contributed by atoms with Crippen LogP contribution in [0.5, 0.6) is 0 Å². The van der Waals surface area contributed by atoms with Gasteiger partial charge in [-0.1, -0.05) is 12.1 Å². The van der Waals surface area contributed by atoms with E-state index < -0.39 is 24.4 Å². The van der Waals surface area contributed by atoms with Crippen molar-refractivity contribution >= 4 is 11.7 Å². The van der Waals surface area contributed by atoms with Crippen molar-refractivity contribution < 1.29 is 22.8 Å². The molecule has 0 atom stereocenters. The highest BCUT2D eigenvalue weighted by molar-refractivity contribution is 5.97. The number of benzene rings is 1. The van der Waals surface area contributed by atoms with Gasteiger partial charge in [-0.3, -0.25) is 9.59 Å². The number of Topliss-reactive ketones (excluding diaryl/α,β-unsaturated/α-hetero) is 1. The number of hydrogen-bond donors (Lipinski definition) is 1. The van der Waals surface area contributed by atoms with Crippen LogP contribution < -0.4 is 5.73 Å². The molecule has 3 rings (SSSR count). The average molecular weight is 406 g/mol. The Labute approximate surface area is 163 Å². The summed E-state index contributed by atoms with van der Waals surface area (Å²) in [7, 11) is 0. The molecule has 0 spiro atoms. The SMILES string of the molecule is Cc1cc(C(=O)Cn2nnc(-c3ccc(C(N)=O)cc3)n2)c(C)n1CC(F)(F)F. The molecule has 8 nitrogen and oxygen atoms in total. The summed E-state index contributed by atoms with van der Waals surface area (Å²) < 4.78 is 39.2. The van der Waals surface area contributed by atoms with Crippen LogP contribution in [0.2, 0.25) is 0 Å². The van der Waals surface area contributed by atoms with Crippen LogP contribution in [0.4, 0.5) is 13.2 Å². The minimum Gasteiger partial charge on any atom is -0.366 e. The van der Waals surface area contributed by atoms with Gasteiger partial charge in [-0.05, 0) is 37.3 Å². The van der Waals surface area contributed by atoms with E-state index in [9.17, 15) is 22.8 Å². The second-order valence-corrected chi connectivity index (χ2v) is 6.49. The van der Waals surface area contributed by atoms with Crippen molar-refractivity contribution in [1.82, 2.24) is 24.8 Å². The highest BCUT2D eigenvalue weighted by atomic mass is 19.4. The third-order valence-corrected chi connectivity index (χ3v) is 4.38. The van der Waals surface area contributed by atoms with E-state index in [2.05, 4.69) is 15.4 Å². The van der Waals surface area contributed by atoms with Crippen molar-refractivity contribution in [1.29, 1.82) is 0 Å². The van der Waals surface area contributed by atoms with Gasteiger partial charge in [0.15, 0.2) is 5.78 Å². The van der Waals surface area contributed by atoms with Crippen LogP contribution >= 0.6 is 0 Å². The zero-order chi connectivity index (χ0) is 21.3. The summed E-state index contributed by atoms with van der Waals surface area (Å²) in [6.07, 6.45) is -4.39. The zero-order valence-corrected chi connectivity index (χ0v) is 15.6. The summed E-state index contributed by atoms with van der Waals surface area (Å²) in [5.74, 6) is -0.766. The van der Waals surface area contributed by atoms with Gasteiger partial charge in [0.05, 0.1) is 0 Å². The van der Waals surface area contributed by atoms with Crippen molar-refractivity contribution in [2.24, 2.45) is 5.73 Å². The number of aromatic nitrogens is 5. The second kappa shape index (κ2) is 7.49.